The molecular formula is C11H10N2O. The van der Waals surface area contributed by atoms with E-state index in [1.165, 1.54) is 6.92 Å². The van der Waals surface area contributed by atoms with E-state index in [0.29, 0.717) is 5.69 Å². The highest BCUT2D eigenvalue weighted by Gasteiger charge is 2.07. The molecule has 2 aromatic rings. The zero-order valence-corrected chi connectivity index (χ0v) is 7.84. The third kappa shape index (κ3) is 1.44. The quantitative estimate of drug-likeness (QED) is 0.673. The molecule has 0 atom stereocenters. The Morgan fingerprint density at radius 3 is 2.57 bits per heavy atom. The number of hydrogen-bond acceptors (Lipinski definition) is 2. The van der Waals surface area contributed by atoms with Crippen molar-refractivity contribution >= 4 is 5.78 Å². The largest absolute Gasteiger partial charge is 0.293 e. The Morgan fingerprint density at radius 1 is 1.21 bits per heavy atom. The maximum absolute atomic E-state index is 11.2. The number of Topliss-reactive ketones (excluding diaryl/α,β-unsaturated/α-hetero) is 1. The Bertz CT molecular complexity index is 445. The van der Waals surface area contributed by atoms with Crippen molar-refractivity contribution in [3.8, 4) is 5.69 Å². The van der Waals surface area contributed by atoms with E-state index in [2.05, 4.69) is 5.10 Å². The highest BCUT2D eigenvalue weighted by Crippen LogP contribution is 2.09. The van der Waals surface area contributed by atoms with Crippen molar-refractivity contribution in [3.05, 3.63) is 48.3 Å². The van der Waals surface area contributed by atoms with Crippen LogP contribution in [-0.2, 0) is 0 Å². The number of aromatic nitrogens is 2. The third-order valence-corrected chi connectivity index (χ3v) is 2.00. The first-order chi connectivity index (χ1) is 6.79. The third-order valence-electron chi connectivity index (χ3n) is 2.00. The van der Waals surface area contributed by atoms with E-state index in [4.69, 9.17) is 0 Å². The molecule has 1 heterocycles. The molecule has 0 saturated carbocycles. The summed E-state index contributed by atoms with van der Waals surface area (Å²) in [7, 11) is 0. The summed E-state index contributed by atoms with van der Waals surface area (Å²) in [6.07, 6.45) is 1.63. The highest BCUT2D eigenvalue weighted by molar-refractivity contribution is 5.92. The highest BCUT2D eigenvalue weighted by atomic mass is 16.1. The molecular weight excluding hydrogens is 176 g/mol. The number of carbonyl (C=O) groups is 1. The van der Waals surface area contributed by atoms with Crippen molar-refractivity contribution in [2.45, 2.75) is 6.92 Å². The van der Waals surface area contributed by atoms with Crippen LogP contribution in [0.25, 0.3) is 5.69 Å². The minimum Gasteiger partial charge on any atom is -0.293 e. The molecule has 0 aliphatic heterocycles. The SMILES string of the molecule is CC(=O)c1ccnn1-c1ccccc1. The van der Waals surface area contributed by atoms with E-state index in [1.54, 1.807) is 16.9 Å². The van der Waals surface area contributed by atoms with Crippen molar-refractivity contribution in [2.24, 2.45) is 0 Å². The summed E-state index contributed by atoms with van der Waals surface area (Å²) < 4.78 is 1.64. The van der Waals surface area contributed by atoms with Gasteiger partial charge in [-0.05, 0) is 18.2 Å². The Morgan fingerprint density at radius 2 is 1.93 bits per heavy atom. The van der Waals surface area contributed by atoms with E-state index < -0.39 is 0 Å². The van der Waals surface area contributed by atoms with E-state index in [9.17, 15) is 4.79 Å². The topological polar surface area (TPSA) is 34.9 Å². The predicted octanol–water partition coefficient (Wildman–Crippen LogP) is 2.07. The van der Waals surface area contributed by atoms with Gasteiger partial charge in [-0.1, -0.05) is 18.2 Å². The summed E-state index contributed by atoms with van der Waals surface area (Å²) in [4.78, 5) is 11.2. The standard InChI is InChI=1S/C11H10N2O/c1-9(14)11-7-8-12-13(11)10-5-3-2-4-6-10/h2-8H,1H3. The first kappa shape index (κ1) is 8.69. The number of carbonyl (C=O) groups excluding carboxylic acids is 1. The number of rotatable bonds is 2. The smallest absolute Gasteiger partial charge is 0.178 e. The number of para-hydroxylation sites is 1. The molecule has 0 fully saturated rings. The summed E-state index contributed by atoms with van der Waals surface area (Å²) in [6, 6.07) is 11.3. The van der Waals surface area contributed by atoms with Gasteiger partial charge in [0.05, 0.1) is 11.9 Å². The molecule has 14 heavy (non-hydrogen) atoms. The van der Waals surface area contributed by atoms with Gasteiger partial charge in [0.2, 0.25) is 0 Å². The minimum absolute atomic E-state index is 0.0198. The fourth-order valence-electron chi connectivity index (χ4n) is 1.34. The van der Waals surface area contributed by atoms with Crippen LogP contribution in [0.3, 0.4) is 0 Å². The molecule has 0 spiro atoms. The van der Waals surface area contributed by atoms with E-state index in [-0.39, 0.29) is 5.78 Å². The number of ketones is 1. The van der Waals surface area contributed by atoms with Crippen molar-refractivity contribution in [3.63, 3.8) is 0 Å². The van der Waals surface area contributed by atoms with Gasteiger partial charge >= 0.3 is 0 Å². The van der Waals surface area contributed by atoms with Gasteiger partial charge in [-0.3, -0.25) is 4.79 Å². The zero-order valence-electron chi connectivity index (χ0n) is 7.84. The van der Waals surface area contributed by atoms with Gasteiger partial charge in [-0.25, -0.2) is 4.68 Å². The molecule has 2 rings (SSSR count). The molecule has 1 aromatic carbocycles. The van der Waals surface area contributed by atoms with Crippen LogP contribution in [-0.4, -0.2) is 15.6 Å². The zero-order chi connectivity index (χ0) is 9.97. The minimum atomic E-state index is 0.0198. The molecule has 0 radical (unpaired) electrons. The monoisotopic (exact) mass is 186 g/mol. The fourth-order valence-corrected chi connectivity index (χ4v) is 1.34. The van der Waals surface area contributed by atoms with Crippen molar-refractivity contribution in [1.82, 2.24) is 9.78 Å². The van der Waals surface area contributed by atoms with E-state index >= 15 is 0 Å². The lowest BCUT2D eigenvalue weighted by Crippen LogP contribution is -2.05. The average molecular weight is 186 g/mol. The van der Waals surface area contributed by atoms with Gasteiger partial charge in [-0.15, -0.1) is 0 Å². The second kappa shape index (κ2) is 3.46. The lowest BCUT2D eigenvalue weighted by atomic mass is 10.3. The lowest BCUT2D eigenvalue weighted by molar-refractivity contribution is 0.101. The summed E-state index contributed by atoms with van der Waals surface area (Å²) in [5, 5.41) is 4.10. The van der Waals surface area contributed by atoms with Gasteiger partial charge in [-0.2, -0.15) is 5.10 Å². The molecule has 0 aliphatic carbocycles. The van der Waals surface area contributed by atoms with Gasteiger partial charge in [0.15, 0.2) is 5.78 Å². The Balaban J connectivity index is 2.52. The Hall–Kier alpha value is -1.90. The number of nitrogens with zero attached hydrogens (tertiary/aromatic N) is 2. The van der Waals surface area contributed by atoms with Gasteiger partial charge in [0, 0.05) is 6.92 Å². The van der Waals surface area contributed by atoms with Crippen LogP contribution >= 0.6 is 0 Å². The Labute approximate surface area is 82.0 Å². The maximum Gasteiger partial charge on any atom is 0.178 e. The first-order valence-electron chi connectivity index (χ1n) is 4.39. The molecule has 0 unspecified atom stereocenters. The molecule has 3 heteroatoms. The van der Waals surface area contributed by atoms with Crippen LogP contribution in [0.4, 0.5) is 0 Å². The lowest BCUT2D eigenvalue weighted by Gasteiger charge is -2.03. The van der Waals surface area contributed by atoms with Crippen LogP contribution in [0.15, 0.2) is 42.6 Å². The molecule has 0 saturated heterocycles. The molecule has 3 nitrogen and oxygen atoms in total. The summed E-state index contributed by atoms with van der Waals surface area (Å²) in [6.45, 7) is 1.54. The van der Waals surface area contributed by atoms with Crippen LogP contribution in [0.1, 0.15) is 17.4 Å². The van der Waals surface area contributed by atoms with Crippen molar-refractivity contribution < 1.29 is 4.79 Å². The van der Waals surface area contributed by atoms with Gasteiger partial charge < -0.3 is 0 Å². The van der Waals surface area contributed by atoms with Gasteiger partial charge in [0.1, 0.15) is 5.69 Å². The van der Waals surface area contributed by atoms with Crippen LogP contribution in [0, 0.1) is 0 Å². The molecule has 0 bridgehead atoms. The second-order valence-electron chi connectivity index (χ2n) is 3.02. The fraction of sp³-hybridized carbons (Fsp3) is 0.0909. The molecule has 0 N–H and O–H groups in total. The van der Waals surface area contributed by atoms with Gasteiger partial charge in [0.25, 0.3) is 0 Å². The van der Waals surface area contributed by atoms with Crippen LogP contribution in [0.2, 0.25) is 0 Å². The van der Waals surface area contributed by atoms with Crippen LogP contribution in [0.5, 0.6) is 0 Å². The Kier molecular flexibility index (Phi) is 2.14. The second-order valence-corrected chi connectivity index (χ2v) is 3.02. The summed E-state index contributed by atoms with van der Waals surface area (Å²) >= 11 is 0. The average Bonchev–Trinajstić information content (AvgIpc) is 2.67. The van der Waals surface area contributed by atoms with E-state index in [0.717, 1.165) is 5.69 Å². The predicted molar refractivity (Wildman–Crippen MR) is 53.6 cm³/mol. The number of hydrogen-bond donors (Lipinski definition) is 0. The molecule has 1 aromatic heterocycles. The summed E-state index contributed by atoms with van der Waals surface area (Å²) in [5.41, 5.74) is 1.51. The van der Waals surface area contributed by atoms with Crippen molar-refractivity contribution in [2.75, 3.05) is 0 Å². The molecule has 0 aliphatic rings. The maximum atomic E-state index is 11.2. The molecule has 70 valence electrons. The summed E-state index contributed by atoms with van der Waals surface area (Å²) in [5.74, 6) is 0.0198. The van der Waals surface area contributed by atoms with E-state index in [1.807, 2.05) is 30.3 Å². The van der Waals surface area contributed by atoms with Crippen LogP contribution < -0.4 is 0 Å². The van der Waals surface area contributed by atoms with Crippen molar-refractivity contribution in [1.29, 1.82) is 0 Å². The normalized spacial score (nSPS) is 10.1. The molecule has 0 amide bonds. The first-order valence-corrected chi connectivity index (χ1v) is 4.39. The number of benzene rings is 1.